The Morgan fingerprint density at radius 1 is 0.510 bits per heavy atom. The van der Waals surface area contributed by atoms with Gasteiger partial charge in [-0.05, 0) is 33.4 Å². The summed E-state index contributed by atoms with van der Waals surface area (Å²) in [6.07, 6.45) is 0. The molecule has 1 aliphatic rings. The molecule has 2 heterocycles. The summed E-state index contributed by atoms with van der Waals surface area (Å²) in [6, 6.07) is 62.3. The van der Waals surface area contributed by atoms with Crippen molar-refractivity contribution in [3.8, 4) is 0 Å². The number of anilines is 3. The lowest BCUT2D eigenvalue weighted by Crippen LogP contribution is -2.48. The number of fused-ring (bicyclic) bond motifs is 1. The van der Waals surface area contributed by atoms with Crippen LogP contribution in [-0.2, 0) is 11.1 Å². The molecule has 0 unspecified atom stereocenters. The molecule has 1 aliphatic heterocycles. The number of nitrogens with one attached hydrogen (secondary N) is 3. The van der Waals surface area contributed by atoms with E-state index in [4.69, 9.17) is 4.98 Å². The van der Waals surface area contributed by atoms with E-state index in [9.17, 15) is 4.79 Å². The zero-order chi connectivity index (χ0) is 33.1. The van der Waals surface area contributed by atoms with Gasteiger partial charge in [-0.15, -0.1) is 0 Å². The van der Waals surface area contributed by atoms with Crippen LogP contribution in [0.15, 0.2) is 187 Å². The van der Waals surface area contributed by atoms with E-state index in [1.54, 1.807) is 0 Å². The minimum atomic E-state index is -0.875. The molecule has 6 aromatic carbocycles. The summed E-state index contributed by atoms with van der Waals surface area (Å²) >= 11 is 0. The molecule has 238 valence electrons. The quantitative estimate of drug-likeness (QED) is 0.139. The first-order valence-corrected chi connectivity index (χ1v) is 16.5. The third-order valence-electron chi connectivity index (χ3n) is 9.48. The van der Waals surface area contributed by atoms with E-state index in [1.165, 1.54) is 0 Å². The van der Waals surface area contributed by atoms with Crippen LogP contribution >= 0.6 is 0 Å². The van der Waals surface area contributed by atoms with Crippen LogP contribution < -0.4 is 21.1 Å². The fourth-order valence-corrected chi connectivity index (χ4v) is 7.35. The highest BCUT2D eigenvalue weighted by Crippen LogP contribution is 2.48. The van der Waals surface area contributed by atoms with Crippen molar-refractivity contribution in [2.45, 2.75) is 11.1 Å². The summed E-state index contributed by atoms with van der Waals surface area (Å²) in [5, 5.41) is 7.19. The Morgan fingerprint density at radius 2 is 0.857 bits per heavy atom. The maximum atomic E-state index is 14.1. The van der Waals surface area contributed by atoms with Crippen molar-refractivity contribution in [2.24, 2.45) is 0 Å². The number of benzene rings is 6. The van der Waals surface area contributed by atoms with Gasteiger partial charge in [-0.3, -0.25) is 9.78 Å². The standard InChI is InChI=1S/C43H35N5O/c49-40-38-39(48(31-44-38)43(35-25-13-4-14-26-35,36-27-15-5-16-28-36)37-29-17-6-18-30-37)45-41(46-40)47-42(32-19-7-1-8-20-32,33-21-9-2-10-22-33)34-23-11-3-12-24-34/h1-30,44H,31H2,(H2,45,46,47,49). The van der Waals surface area contributed by atoms with E-state index in [1.807, 2.05) is 72.8 Å². The summed E-state index contributed by atoms with van der Waals surface area (Å²) < 4.78 is 0. The predicted molar refractivity (Wildman–Crippen MR) is 198 cm³/mol. The lowest BCUT2D eigenvalue weighted by atomic mass is 9.75. The second kappa shape index (κ2) is 12.7. The smallest absolute Gasteiger partial charge is 0.277 e. The Balaban J connectivity index is 1.37. The van der Waals surface area contributed by atoms with Crippen LogP contribution in [0.25, 0.3) is 0 Å². The zero-order valence-corrected chi connectivity index (χ0v) is 26.8. The Hall–Kier alpha value is -6.40. The summed E-state index contributed by atoms with van der Waals surface area (Å²) in [5.41, 5.74) is 4.72. The molecule has 6 heteroatoms. The Labute approximate surface area is 285 Å². The van der Waals surface area contributed by atoms with Crippen LogP contribution in [-0.4, -0.2) is 16.6 Å². The van der Waals surface area contributed by atoms with Gasteiger partial charge in [0.15, 0.2) is 5.82 Å². The Bertz CT molecular complexity index is 2020. The van der Waals surface area contributed by atoms with Gasteiger partial charge in [0, 0.05) is 0 Å². The van der Waals surface area contributed by atoms with Crippen molar-refractivity contribution >= 4 is 17.5 Å². The number of hydrogen-bond acceptors (Lipinski definition) is 5. The van der Waals surface area contributed by atoms with Crippen molar-refractivity contribution in [3.63, 3.8) is 0 Å². The van der Waals surface area contributed by atoms with Crippen LogP contribution in [0.3, 0.4) is 0 Å². The average molecular weight is 638 g/mol. The van der Waals surface area contributed by atoms with Gasteiger partial charge in [0.2, 0.25) is 5.95 Å². The number of H-pyrrole nitrogens is 1. The number of aromatic nitrogens is 2. The predicted octanol–water partition coefficient (Wildman–Crippen LogP) is 8.36. The van der Waals surface area contributed by atoms with Crippen molar-refractivity contribution < 1.29 is 0 Å². The molecule has 0 atom stereocenters. The third kappa shape index (κ3) is 5.06. The second-order valence-electron chi connectivity index (χ2n) is 12.2. The number of rotatable bonds is 9. The van der Waals surface area contributed by atoms with Crippen molar-refractivity contribution in [1.82, 2.24) is 9.97 Å². The number of aromatic amines is 1. The fourth-order valence-electron chi connectivity index (χ4n) is 7.35. The van der Waals surface area contributed by atoms with Gasteiger partial charge in [-0.25, -0.2) is 0 Å². The van der Waals surface area contributed by atoms with Gasteiger partial charge in [0.25, 0.3) is 5.56 Å². The van der Waals surface area contributed by atoms with Crippen LogP contribution in [0.5, 0.6) is 0 Å². The van der Waals surface area contributed by atoms with Crippen LogP contribution in [0.2, 0.25) is 0 Å². The van der Waals surface area contributed by atoms with Gasteiger partial charge in [-0.1, -0.05) is 182 Å². The number of hydrogen-bond donors (Lipinski definition) is 3. The molecule has 1 aromatic heterocycles. The Kier molecular flexibility index (Phi) is 7.74. The minimum Gasteiger partial charge on any atom is -0.360 e. The SMILES string of the molecule is O=c1[nH]c(NC(c2ccccc2)(c2ccccc2)c2ccccc2)nc2c1NCN2C(c1ccccc1)(c1ccccc1)c1ccccc1. The lowest BCUT2D eigenvalue weighted by Gasteiger charge is -2.44. The molecule has 0 saturated carbocycles. The molecular weight excluding hydrogens is 603 g/mol. The van der Waals surface area contributed by atoms with Gasteiger partial charge in [-0.2, -0.15) is 4.98 Å². The van der Waals surface area contributed by atoms with Gasteiger partial charge in [0.05, 0.1) is 6.67 Å². The molecule has 49 heavy (non-hydrogen) atoms. The highest BCUT2D eigenvalue weighted by Gasteiger charge is 2.47. The molecule has 6 nitrogen and oxygen atoms in total. The van der Waals surface area contributed by atoms with E-state index in [0.717, 1.165) is 33.4 Å². The van der Waals surface area contributed by atoms with Crippen molar-refractivity contribution in [2.75, 3.05) is 22.2 Å². The first-order valence-electron chi connectivity index (χ1n) is 16.5. The molecule has 0 saturated heterocycles. The molecule has 8 rings (SSSR count). The highest BCUT2D eigenvalue weighted by molar-refractivity contribution is 5.76. The van der Waals surface area contributed by atoms with E-state index in [0.29, 0.717) is 24.1 Å². The zero-order valence-electron chi connectivity index (χ0n) is 26.8. The molecule has 0 amide bonds. The lowest BCUT2D eigenvalue weighted by molar-refractivity contribution is 0.578. The molecule has 3 N–H and O–H groups in total. The van der Waals surface area contributed by atoms with Crippen molar-refractivity contribution in [1.29, 1.82) is 0 Å². The maximum Gasteiger partial charge on any atom is 0.277 e. The Morgan fingerprint density at radius 3 is 1.22 bits per heavy atom. The normalized spacial score (nSPS) is 12.6. The second-order valence-corrected chi connectivity index (χ2v) is 12.2. The number of nitrogens with zero attached hydrogens (tertiary/aromatic N) is 2. The molecule has 0 radical (unpaired) electrons. The van der Waals surface area contributed by atoms with Crippen LogP contribution in [0.4, 0.5) is 17.5 Å². The molecule has 0 aliphatic carbocycles. The molecule has 0 fully saturated rings. The summed E-state index contributed by atoms with van der Waals surface area (Å²) in [6.45, 7) is 0.370. The minimum absolute atomic E-state index is 0.249. The largest absolute Gasteiger partial charge is 0.360 e. The van der Waals surface area contributed by atoms with E-state index in [2.05, 4.69) is 130 Å². The van der Waals surface area contributed by atoms with Gasteiger partial charge in [0.1, 0.15) is 16.8 Å². The van der Waals surface area contributed by atoms with E-state index in [-0.39, 0.29) is 5.56 Å². The highest BCUT2D eigenvalue weighted by atomic mass is 16.1. The fraction of sp³-hybridized carbons (Fsp3) is 0.0698. The first kappa shape index (κ1) is 30.0. The van der Waals surface area contributed by atoms with Gasteiger partial charge < -0.3 is 15.5 Å². The third-order valence-corrected chi connectivity index (χ3v) is 9.48. The molecule has 0 spiro atoms. The van der Waals surface area contributed by atoms with Crippen LogP contribution in [0.1, 0.15) is 33.4 Å². The summed E-state index contributed by atoms with van der Waals surface area (Å²) in [4.78, 5) is 24.7. The van der Waals surface area contributed by atoms with E-state index >= 15 is 0 Å². The average Bonchev–Trinajstić information content (AvgIpc) is 3.61. The monoisotopic (exact) mass is 637 g/mol. The summed E-state index contributed by atoms with van der Waals surface area (Å²) in [7, 11) is 0. The molecular formula is C43H35N5O. The van der Waals surface area contributed by atoms with Gasteiger partial charge >= 0.3 is 0 Å². The van der Waals surface area contributed by atoms with E-state index < -0.39 is 11.1 Å². The molecule has 7 aromatic rings. The maximum absolute atomic E-state index is 14.1. The molecule has 0 bridgehead atoms. The summed E-state index contributed by atoms with van der Waals surface area (Å²) in [5.74, 6) is 0.919. The van der Waals surface area contributed by atoms with Crippen LogP contribution in [0, 0.1) is 0 Å². The first-order chi connectivity index (χ1) is 24.2. The topological polar surface area (TPSA) is 73.0 Å². The van der Waals surface area contributed by atoms with Crippen molar-refractivity contribution in [3.05, 3.63) is 226 Å².